The van der Waals surface area contributed by atoms with Crippen molar-refractivity contribution in [2.75, 3.05) is 13.6 Å². The van der Waals surface area contributed by atoms with Gasteiger partial charge in [-0.25, -0.2) is 9.67 Å². The van der Waals surface area contributed by atoms with Crippen LogP contribution >= 0.6 is 24.0 Å². The molecule has 2 N–H and O–H groups in total. The second-order valence-electron chi connectivity index (χ2n) is 6.33. The van der Waals surface area contributed by atoms with Gasteiger partial charge in [-0.15, -0.1) is 24.0 Å². The minimum atomic E-state index is 0. The number of hydrogen-bond donors (Lipinski definition) is 2. The Bertz CT molecular complexity index is 885. The fourth-order valence-electron chi connectivity index (χ4n) is 2.84. The summed E-state index contributed by atoms with van der Waals surface area (Å²) in [4.78, 5) is 8.63. The first-order valence-corrected chi connectivity index (χ1v) is 9.06. The summed E-state index contributed by atoms with van der Waals surface area (Å²) in [7, 11) is 1.78. The van der Waals surface area contributed by atoms with E-state index < -0.39 is 0 Å². The number of aliphatic imine (C=N–C) groups is 1. The number of guanidine groups is 1. The zero-order valence-corrected chi connectivity index (χ0v) is 18.8. The predicted molar refractivity (Wildman–Crippen MR) is 121 cm³/mol. The molecular formula is C19H27IN8. The van der Waals surface area contributed by atoms with Crippen molar-refractivity contribution in [1.82, 2.24) is 35.2 Å². The fourth-order valence-corrected chi connectivity index (χ4v) is 2.84. The molecule has 0 aliphatic carbocycles. The van der Waals surface area contributed by atoms with Gasteiger partial charge in [0, 0.05) is 51.0 Å². The molecule has 8 nitrogen and oxygen atoms in total. The number of aromatic nitrogens is 5. The van der Waals surface area contributed by atoms with Gasteiger partial charge in [-0.05, 0) is 50.1 Å². The summed E-state index contributed by atoms with van der Waals surface area (Å²) in [5, 5.41) is 15.4. The topological polar surface area (TPSA) is 85.0 Å². The lowest BCUT2D eigenvalue weighted by atomic mass is 10.2. The molecule has 0 bridgehead atoms. The minimum absolute atomic E-state index is 0. The van der Waals surface area contributed by atoms with Crippen molar-refractivity contribution in [3.8, 4) is 5.82 Å². The summed E-state index contributed by atoms with van der Waals surface area (Å²) < 4.78 is 3.79. The summed E-state index contributed by atoms with van der Waals surface area (Å²) in [6.45, 7) is 6.48. The van der Waals surface area contributed by atoms with E-state index in [1.807, 2.05) is 36.0 Å². The lowest BCUT2D eigenvalue weighted by molar-refractivity contribution is 0.555. The largest absolute Gasteiger partial charge is 0.356 e. The molecule has 0 amide bonds. The second-order valence-corrected chi connectivity index (χ2v) is 6.33. The van der Waals surface area contributed by atoms with Crippen LogP contribution in [0.5, 0.6) is 0 Å². The molecule has 0 aliphatic rings. The van der Waals surface area contributed by atoms with Gasteiger partial charge in [0.2, 0.25) is 0 Å². The monoisotopic (exact) mass is 494 g/mol. The van der Waals surface area contributed by atoms with Crippen molar-refractivity contribution >= 4 is 29.9 Å². The van der Waals surface area contributed by atoms with Crippen molar-refractivity contribution in [1.29, 1.82) is 0 Å². The molecule has 0 atom stereocenters. The van der Waals surface area contributed by atoms with Gasteiger partial charge < -0.3 is 10.6 Å². The van der Waals surface area contributed by atoms with Gasteiger partial charge in [-0.2, -0.15) is 10.2 Å². The molecule has 0 saturated carbocycles. The third kappa shape index (κ3) is 6.04. The molecule has 3 aromatic rings. The molecule has 0 aliphatic heterocycles. The fraction of sp³-hybridized carbons (Fsp3) is 0.368. The van der Waals surface area contributed by atoms with E-state index in [0.29, 0.717) is 6.54 Å². The molecule has 150 valence electrons. The molecule has 0 unspecified atom stereocenters. The standard InChI is InChI=1S/C19H26N8.HI/c1-15-12-16(2)26(25-15)10-4-7-22-19(20-3)23-14-17-6-9-21-18(13-17)27-11-5-8-24-27;/h5-6,8-9,11-13H,4,7,10,14H2,1-3H3,(H2,20,22,23);1H. The Morgan fingerprint density at radius 2 is 2.04 bits per heavy atom. The second kappa shape index (κ2) is 10.8. The molecule has 0 aromatic carbocycles. The van der Waals surface area contributed by atoms with Crippen LogP contribution in [0.4, 0.5) is 0 Å². The zero-order chi connectivity index (χ0) is 19.1. The lowest BCUT2D eigenvalue weighted by Gasteiger charge is -2.12. The Labute approximate surface area is 182 Å². The van der Waals surface area contributed by atoms with Gasteiger partial charge in [-0.1, -0.05) is 0 Å². The van der Waals surface area contributed by atoms with E-state index in [-0.39, 0.29) is 24.0 Å². The van der Waals surface area contributed by atoms with Gasteiger partial charge in [0.25, 0.3) is 0 Å². The van der Waals surface area contributed by atoms with E-state index in [4.69, 9.17) is 0 Å². The van der Waals surface area contributed by atoms with Crippen LogP contribution in [0, 0.1) is 13.8 Å². The molecule has 3 heterocycles. The molecule has 0 radical (unpaired) electrons. The van der Waals surface area contributed by atoms with Crippen molar-refractivity contribution in [2.24, 2.45) is 4.99 Å². The highest BCUT2D eigenvalue weighted by Gasteiger charge is 2.03. The lowest BCUT2D eigenvalue weighted by Crippen LogP contribution is -2.37. The SMILES string of the molecule is CN=C(NCCCn1nc(C)cc1C)NCc1ccnc(-n2cccn2)c1.I. The summed E-state index contributed by atoms with van der Waals surface area (Å²) in [5.41, 5.74) is 3.37. The Hall–Kier alpha value is -2.43. The van der Waals surface area contributed by atoms with E-state index in [1.165, 1.54) is 5.69 Å². The number of nitrogens with one attached hydrogen (secondary N) is 2. The molecular weight excluding hydrogens is 467 g/mol. The number of halogens is 1. The molecule has 3 rings (SSSR count). The van der Waals surface area contributed by atoms with Gasteiger partial charge in [-0.3, -0.25) is 9.67 Å². The van der Waals surface area contributed by atoms with Gasteiger partial charge >= 0.3 is 0 Å². The highest BCUT2D eigenvalue weighted by atomic mass is 127. The van der Waals surface area contributed by atoms with Crippen LogP contribution in [0.25, 0.3) is 5.82 Å². The first kappa shape index (κ1) is 21.9. The maximum absolute atomic E-state index is 4.48. The van der Waals surface area contributed by atoms with Crippen LogP contribution in [0.3, 0.4) is 0 Å². The van der Waals surface area contributed by atoms with Crippen LogP contribution in [-0.4, -0.2) is 44.1 Å². The van der Waals surface area contributed by atoms with Gasteiger partial charge in [0.15, 0.2) is 11.8 Å². The highest BCUT2D eigenvalue weighted by molar-refractivity contribution is 14.0. The molecule has 9 heteroatoms. The predicted octanol–water partition coefficient (Wildman–Crippen LogP) is 2.45. The number of hydrogen-bond acceptors (Lipinski definition) is 4. The van der Waals surface area contributed by atoms with Crippen molar-refractivity contribution < 1.29 is 0 Å². The average Bonchev–Trinajstić information content (AvgIpc) is 3.31. The number of aryl methyl sites for hydroxylation is 3. The number of pyridine rings is 1. The molecule has 0 saturated heterocycles. The molecule has 0 spiro atoms. The Morgan fingerprint density at radius 1 is 1.18 bits per heavy atom. The summed E-state index contributed by atoms with van der Waals surface area (Å²) >= 11 is 0. The summed E-state index contributed by atoms with van der Waals surface area (Å²) in [6.07, 6.45) is 6.38. The molecule has 28 heavy (non-hydrogen) atoms. The van der Waals surface area contributed by atoms with Crippen LogP contribution < -0.4 is 10.6 Å². The van der Waals surface area contributed by atoms with Crippen molar-refractivity contribution in [3.63, 3.8) is 0 Å². The van der Waals surface area contributed by atoms with E-state index >= 15 is 0 Å². The quantitative estimate of drug-likeness (QED) is 0.228. The van der Waals surface area contributed by atoms with Crippen LogP contribution in [0.1, 0.15) is 23.4 Å². The highest BCUT2D eigenvalue weighted by Crippen LogP contribution is 2.06. The number of nitrogens with zero attached hydrogens (tertiary/aromatic N) is 6. The third-order valence-electron chi connectivity index (χ3n) is 4.18. The van der Waals surface area contributed by atoms with Crippen molar-refractivity contribution in [3.05, 3.63) is 59.8 Å². The van der Waals surface area contributed by atoms with E-state index in [1.54, 1.807) is 24.1 Å². The van der Waals surface area contributed by atoms with Crippen LogP contribution in [0.2, 0.25) is 0 Å². The Balaban J connectivity index is 0.00000280. The van der Waals surface area contributed by atoms with Crippen LogP contribution in [0.15, 0.2) is 47.8 Å². The molecule has 3 aromatic heterocycles. The van der Waals surface area contributed by atoms with E-state index in [9.17, 15) is 0 Å². The van der Waals surface area contributed by atoms with E-state index in [0.717, 1.165) is 42.5 Å². The summed E-state index contributed by atoms with van der Waals surface area (Å²) in [5.74, 6) is 1.58. The summed E-state index contributed by atoms with van der Waals surface area (Å²) in [6, 6.07) is 7.97. The minimum Gasteiger partial charge on any atom is -0.356 e. The maximum atomic E-state index is 4.48. The Morgan fingerprint density at radius 3 is 2.71 bits per heavy atom. The first-order valence-electron chi connectivity index (χ1n) is 9.06. The van der Waals surface area contributed by atoms with E-state index in [2.05, 4.69) is 43.8 Å². The van der Waals surface area contributed by atoms with Gasteiger partial charge in [0.1, 0.15) is 0 Å². The number of rotatable bonds is 7. The molecule has 0 fully saturated rings. The third-order valence-corrected chi connectivity index (χ3v) is 4.18. The maximum Gasteiger partial charge on any atom is 0.191 e. The zero-order valence-electron chi connectivity index (χ0n) is 16.5. The Kier molecular flexibility index (Phi) is 8.42. The first-order chi connectivity index (χ1) is 13.2. The average molecular weight is 494 g/mol. The van der Waals surface area contributed by atoms with Gasteiger partial charge in [0.05, 0.1) is 5.69 Å². The smallest absolute Gasteiger partial charge is 0.191 e. The van der Waals surface area contributed by atoms with Crippen molar-refractivity contribution in [2.45, 2.75) is 33.4 Å². The van der Waals surface area contributed by atoms with Crippen LogP contribution in [-0.2, 0) is 13.1 Å². The normalized spacial score (nSPS) is 11.2.